The number of H-pyrrole nitrogens is 2. The molecule has 15 nitrogen and oxygen atoms in total. The van der Waals surface area contributed by atoms with Gasteiger partial charge in [-0.2, -0.15) is 0 Å². The van der Waals surface area contributed by atoms with Crippen molar-refractivity contribution in [2.24, 2.45) is 11.8 Å². The lowest BCUT2D eigenvalue weighted by Crippen LogP contribution is -2.53. The van der Waals surface area contributed by atoms with Crippen molar-refractivity contribution in [2.75, 3.05) is 40.5 Å². The van der Waals surface area contributed by atoms with Crippen LogP contribution >= 0.6 is 0 Å². The van der Waals surface area contributed by atoms with Crippen LogP contribution in [-0.2, 0) is 36.6 Å². The van der Waals surface area contributed by atoms with Gasteiger partial charge in [0.15, 0.2) is 0 Å². The number of imidazole rings is 2. The SMILES string of the molecule is COC(=O)N[C@H](C(=O)N1CCC[C@H]1c1ncc(-c2ccc3cc(-c4ccc5c(c4)CCc4[nH]c([C@@H]6CCCN6C(=O)[C@@H](NC(=O)OC)C6CCOCC6)nc4-5)ccc3c2)[nH]1)C(C)C. The van der Waals surface area contributed by atoms with Crippen LogP contribution in [0.5, 0.6) is 0 Å². The van der Waals surface area contributed by atoms with Crippen LogP contribution in [0.25, 0.3) is 44.4 Å². The molecule has 0 bridgehead atoms. The van der Waals surface area contributed by atoms with Gasteiger partial charge in [0.25, 0.3) is 0 Å². The molecular weight excluding hydrogens is 801 g/mol. The standard InChI is InChI=1S/C48H56N8O7/c1-27(2)40(53-47(59)61-3)45(57)55-19-5-7-38(55)43-49-26-37(51-43)34-12-11-30-23-29(9-10-31(30)25-34)32-13-15-35-33(24-32)14-16-36-42(35)52-44(50-36)39-8-6-20-56(39)46(58)41(54-48(60)62-4)28-17-21-63-22-18-28/h9-13,15,23-28,38-41H,5-8,14,16-22H2,1-4H3,(H,49,51)(H,50,52)(H,53,59)(H,54,60)/t38-,39-,40-,41-/m0/s1. The Labute approximate surface area is 366 Å². The minimum Gasteiger partial charge on any atom is -0.453 e. The normalized spacial score (nSPS) is 19.7. The first kappa shape index (κ1) is 42.1. The average Bonchev–Trinajstić information content (AvgIpc) is 4.16. The fourth-order valence-corrected chi connectivity index (χ4v) is 10.0. The minimum atomic E-state index is -0.689. The first-order chi connectivity index (χ1) is 30.6. The van der Waals surface area contributed by atoms with E-state index < -0.39 is 24.3 Å². The van der Waals surface area contributed by atoms with E-state index in [-0.39, 0.29) is 35.7 Å². The molecule has 5 heterocycles. The number of benzene rings is 3. The van der Waals surface area contributed by atoms with Gasteiger partial charge in [-0.1, -0.05) is 56.3 Å². The first-order valence-electron chi connectivity index (χ1n) is 22.3. The molecule has 4 N–H and O–H groups in total. The third-order valence-electron chi connectivity index (χ3n) is 13.4. The van der Waals surface area contributed by atoms with Gasteiger partial charge in [0.2, 0.25) is 11.8 Å². The van der Waals surface area contributed by atoms with Crippen molar-refractivity contribution in [3.05, 3.63) is 83.7 Å². The summed E-state index contributed by atoms with van der Waals surface area (Å²) < 4.78 is 15.2. The summed E-state index contributed by atoms with van der Waals surface area (Å²) in [6, 6.07) is 17.8. The van der Waals surface area contributed by atoms with Crippen molar-refractivity contribution in [3.8, 4) is 33.6 Å². The summed E-state index contributed by atoms with van der Waals surface area (Å²) >= 11 is 0. The van der Waals surface area contributed by atoms with Gasteiger partial charge in [0.1, 0.15) is 23.7 Å². The number of aromatic nitrogens is 4. The maximum Gasteiger partial charge on any atom is 0.407 e. The molecule has 2 aromatic heterocycles. The Bertz CT molecular complexity index is 2520. The second kappa shape index (κ2) is 17.9. The molecule has 4 amide bonds. The Morgan fingerprint density at radius 2 is 1.38 bits per heavy atom. The summed E-state index contributed by atoms with van der Waals surface area (Å²) in [5.41, 5.74) is 8.53. The summed E-state index contributed by atoms with van der Waals surface area (Å²) in [6.07, 6.45) is 7.00. The number of aryl methyl sites for hydroxylation is 2. The molecule has 0 radical (unpaired) electrons. The number of methoxy groups -OCH3 is 2. The van der Waals surface area contributed by atoms with Gasteiger partial charge in [-0.05, 0) is 103 Å². The molecule has 9 rings (SSSR count). The highest BCUT2D eigenvalue weighted by Crippen LogP contribution is 2.40. The number of hydrogen-bond acceptors (Lipinski definition) is 9. The molecule has 4 aliphatic rings. The molecule has 0 unspecified atom stereocenters. The summed E-state index contributed by atoms with van der Waals surface area (Å²) in [4.78, 5) is 72.9. The molecule has 330 valence electrons. The number of fused-ring (bicyclic) bond motifs is 4. The molecule has 3 aliphatic heterocycles. The molecule has 15 heteroatoms. The molecule has 3 aromatic carbocycles. The molecule has 4 atom stereocenters. The summed E-state index contributed by atoms with van der Waals surface area (Å²) in [5.74, 6) is 1.18. The van der Waals surface area contributed by atoms with Gasteiger partial charge >= 0.3 is 12.2 Å². The van der Waals surface area contributed by atoms with E-state index in [9.17, 15) is 19.2 Å². The van der Waals surface area contributed by atoms with Crippen molar-refractivity contribution in [3.63, 3.8) is 0 Å². The van der Waals surface area contributed by atoms with Gasteiger partial charge < -0.3 is 44.6 Å². The number of aromatic amines is 2. The van der Waals surface area contributed by atoms with Crippen molar-refractivity contribution in [2.45, 2.75) is 89.4 Å². The lowest BCUT2D eigenvalue weighted by molar-refractivity contribution is -0.137. The van der Waals surface area contributed by atoms with Crippen LogP contribution in [0.15, 0.2) is 60.8 Å². The largest absolute Gasteiger partial charge is 0.453 e. The molecule has 0 saturated carbocycles. The smallest absolute Gasteiger partial charge is 0.407 e. The molecule has 1 aliphatic carbocycles. The van der Waals surface area contributed by atoms with Gasteiger partial charge in [-0.3, -0.25) is 9.59 Å². The number of rotatable bonds is 10. The zero-order valence-corrected chi connectivity index (χ0v) is 36.4. The van der Waals surface area contributed by atoms with Gasteiger partial charge in [-0.15, -0.1) is 0 Å². The van der Waals surface area contributed by atoms with Crippen molar-refractivity contribution in [1.29, 1.82) is 0 Å². The van der Waals surface area contributed by atoms with Crippen molar-refractivity contribution >= 4 is 34.8 Å². The van der Waals surface area contributed by atoms with E-state index >= 15 is 0 Å². The Balaban J connectivity index is 0.901. The van der Waals surface area contributed by atoms with E-state index in [1.54, 1.807) is 0 Å². The Morgan fingerprint density at radius 1 is 0.746 bits per heavy atom. The topological polar surface area (TPSA) is 184 Å². The number of nitrogens with zero attached hydrogens (tertiary/aromatic N) is 4. The van der Waals surface area contributed by atoms with Gasteiger partial charge in [-0.25, -0.2) is 19.6 Å². The summed E-state index contributed by atoms with van der Waals surface area (Å²) in [7, 11) is 2.62. The Morgan fingerprint density at radius 3 is 2.10 bits per heavy atom. The van der Waals surface area contributed by atoms with Crippen LogP contribution in [0.1, 0.15) is 87.4 Å². The van der Waals surface area contributed by atoms with Crippen LogP contribution in [0.4, 0.5) is 9.59 Å². The fourth-order valence-electron chi connectivity index (χ4n) is 10.0. The highest BCUT2D eigenvalue weighted by Gasteiger charge is 2.41. The molecule has 3 saturated heterocycles. The number of hydrogen-bond donors (Lipinski definition) is 4. The van der Waals surface area contributed by atoms with Crippen molar-refractivity contribution in [1.82, 2.24) is 40.4 Å². The predicted octanol–water partition coefficient (Wildman–Crippen LogP) is 7.24. The van der Waals surface area contributed by atoms with E-state index in [4.69, 9.17) is 24.2 Å². The van der Waals surface area contributed by atoms with E-state index in [1.165, 1.54) is 19.8 Å². The first-order valence-corrected chi connectivity index (χ1v) is 22.3. The Hall–Kier alpha value is -6.22. The highest BCUT2D eigenvalue weighted by molar-refractivity contribution is 5.91. The number of carbonyl (C=O) groups is 4. The molecule has 0 spiro atoms. The third kappa shape index (κ3) is 8.38. The number of alkyl carbamates (subject to hydrolysis) is 2. The average molecular weight is 857 g/mol. The molecule has 63 heavy (non-hydrogen) atoms. The number of amides is 4. The molecular formula is C48H56N8O7. The van der Waals surface area contributed by atoms with Crippen LogP contribution in [0, 0.1) is 11.8 Å². The van der Waals surface area contributed by atoms with Crippen molar-refractivity contribution < 1.29 is 33.4 Å². The second-order valence-corrected chi connectivity index (χ2v) is 17.6. The summed E-state index contributed by atoms with van der Waals surface area (Å²) in [6.45, 7) is 6.15. The number of ether oxygens (including phenoxy) is 3. The second-order valence-electron chi connectivity index (χ2n) is 17.6. The molecule has 3 fully saturated rings. The monoisotopic (exact) mass is 856 g/mol. The number of likely N-dealkylation sites (tertiary alicyclic amines) is 2. The predicted molar refractivity (Wildman–Crippen MR) is 236 cm³/mol. The van der Waals surface area contributed by atoms with E-state index in [0.717, 1.165) is 100 Å². The maximum atomic E-state index is 14.1. The van der Waals surface area contributed by atoms with Gasteiger partial charge in [0.05, 0.1) is 43.9 Å². The lowest BCUT2D eigenvalue weighted by atomic mass is 9.89. The quantitative estimate of drug-likeness (QED) is 0.112. The minimum absolute atomic E-state index is 0.0216. The molecule has 5 aromatic rings. The van der Waals surface area contributed by atoms with E-state index in [2.05, 4.69) is 75.2 Å². The summed E-state index contributed by atoms with van der Waals surface area (Å²) in [5, 5.41) is 7.78. The third-order valence-corrected chi connectivity index (χ3v) is 13.4. The van der Waals surface area contributed by atoms with Crippen LogP contribution in [0.2, 0.25) is 0 Å². The number of carbonyl (C=O) groups excluding carboxylic acids is 4. The zero-order valence-electron chi connectivity index (χ0n) is 36.4. The van der Waals surface area contributed by atoms with E-state index in [1.807, 2.05) is 29.8 Å². The highest BCUT2D eigenvalue weighted by atomic mass is 16.5. The lowest BCUT2D eigenvalue weighted by Gasteiger charge is -2.34. The zero-order chi connectivity index (χ0) is 43.8. The van der Waals surface area contributed by atoms with Crippen LogP contribution in [-0.4, -0.2) is 106 Å². The van der Waals surface area contributed by atoms with E-state index in [0.29, 0.717) is 39.1 Å². The Kier molecular flexibility index (Phi) is 11.9. The number of nitrogens with one attached hydrogen (secondary N) is 4. The van der Waals surface area contributed by atoms with Crippen LogP contribution < -0.4 is 10.6 Å². The van der Waals surface area contributed by atoms with Gasteiger partial charge in [0, 0.05) is 43.1 Å². The maximum absolute atomic E-state index is 14.1. The van der Waals surface area contributed by atoms with Crippen LogP contribution in [0.3, 0.4) is 0 Å². The fraction of sp³-hybridized carbons (Fsp3) is 0.458.